The van der Waals surface area contributed by atoms with Crippen LogP contribution in [0.5, 0.6) is 0 Å². The zero-order valence-corrected chi connectivity index (χ0v) is 19.9. The third-order valence-corrected chi connectivity index (χ3v) is 5.83. The number of aliphatic hydroxyl groups is 2. The summed E-state index contributed by atoms with van der Waals surface area (Å²) in [4.78, 5) is 15.6. The summed E-state index contributed by atoms with van der Waals surface area (Å²) in [5.74, 6) is -1.55. The van der Waals surface area contributed by atoms with Crippen molar-refractivity contribution in [1.29, 1.82) is 0 Å². The highest BCUT2D eigenvalue weighted by Gasteiger charge is 2.24. The van der Waals surface area contributed by atoms with Crippen LogP contribution in [-0.2, 0) is 4.79 Å². The Balaban J connectivity index is 1.92. The molecule has 2 atom stereocenters. The normalized spacial score (nSPS) is 13.5. The summed E-state index contributed by atoms with van der Waals surface area (Å²) in [6.45, 7) is 3.95. The van der Waals surface area contributed by atoms with E-state index in [1.54, 1.807) is 18.2 Å². The number of nitrogens with zero attached hydrogens (tertiary/aromatic N) is 2. The van der Waals surface area contributed by atoms with Crippen LogP contribution in [0.3, 0.4) is 0 Å². The van der Waals surface area contributed by atoms with Crippen LogP contribution in [0.4, 0.5) is 4.39 Å². The average molecular weight is 491 g/mol. The van der Waals surface area contributed by atoms with Crippen molar-refractivity contribution in [2.24, 2.45) is 0 Å². The lowest BCUT2D eigenvalue weighted by molar-refractivity contribution is -0.139. The van der Waals surface area contributed by atoms with Gasteiger partial charge in [0, 0.05) is 23.1 Å². The van der Waals surface area contributed by atoms with Crippen LogP contribution < -0.4 is 0 Å². The van der Waals surface area contributed by atoms with E-state index in [2.05, 4.69) is 5.16 Å². The molecule has 0 radical (unpaired) electrons. The number of benzene rings is 2. The van der Waals surface area contributed by atoms with Crippen molar-refractivity contribution in [2.75, 3.05) is 0 Å². The molecule has 2 heterocycles. The Labute approximate surface area is 207 Å². The minimum absolute atomic E-state index is 0.0340. The van der Waals surface area contributed by atoms with Crippen molar-refractivity contribution in [2.45, 2.75) is 44.8 Å². The Morgan fingerprint density at radius 3 is 2.39 bits per heavy atom. The van der Waals surface area contributed by atoms with E-state index in [0.29, 0.717) is 33.6 Å². The molecule has 3 N–H and O–H groups in total. The minimum atomic E-state index is -1.19. The number of carboxylic acid groups (broad SMARTS) is 1. The maximum absolute atomic E-state index is 13.8. The molecule has 0 saturated carbocycles. The second-order valence-corrected chi connectivity index (χ2v) is 8.94. The molecule has 2 aromatic heterocycles. The molecule has 186 valence electrons. The first-order chi connectivity index (χ1) is 17.2. The molecule has 0 aliphatic heterocycles. The molecule has 0 amide bonds. The average Bonchev–Trinajstić information content (AvgIpc) is 3.26. The molecule has 0 spiro atoms. The van der Waals surface area contributed by atoms with E-state index in [9.17, 15) is 19.4 Å². The third-order valence-electron chi connectivity index (χ3n) is 5.83. The fourth-order valence-corrected chi connectivity index (χ4v) is 4.18. The maximum Gasteiger partial charge on any atom is 0.305 e. The number of hydrogen-bond donors (Lipinski definition) is 3. The Kier molecular flexibility index (Phi) is 7.57. The molecule has 36 heavy (non-hydrogen) atoms. The molecule has 0 bridgehead atoms. The van der Waals surface area contributed by atoms with Gasteiger partial charge in [-0.3, -0.25) is 4.79 Å². The van der Waals surface area contributed by atoms with Gasteiger partial charge in [-0.2, -0.15) is 0 Å². The van der Waals surface area contributed by atoms with Crippen LogP contribution in [-0.4, -0.2) is 43.6 Å². The van der Waals surface area contributed by atoms with Gasteiger partial charge in [0.05, 0.1) is 29.7 Å². The third kappa shape index (κ3) is 5.50. The number of hydrogen-bond acceptors (Lipinski definition) is 6. The molecule has 0 fully saturated rings. The number of fused-ring (bicyclic) bond motifs is 1. The molecule has 4 aromatic rings. The molecule has 8 heteroatoms. The second-order valence-electron chi connectivity index (χ2n) is 8.94. The highest BCUT2D eigenvalue weighted by Crippen LogP contribution is 2.41. The van der Waals surface area contributed by atoms with Gasteiger partial charge < -0.3 is 19.8 Å². The largest absolute Gasteiger partial charge is 0.481 e. The number of pyridine rings is 1. The van der Waals surface area contributed by atoms with Crippen molar-refractivity contribution < 1.29 is 29.0 Å². The fraction of sp³-hybridized carbons (Fsp3) is 0.250. The van der Waals surface area contributed by atoms with Gasteiger partial charge in [0.2, 0.25) is 0 Å². The highest BCUT2D eigenvalue weighted by molar-refractivity contribution is 6.04. The van der Waals surface area contributed by atoms with E-state index >= 15 is 0 Å². The molecule has 2 aromatic carbocycles. The van der Waals surface area contributed by atoms with E-state index in [-0.39, 0.29) is 18.2 Å². The SMILES string of the molecule is CC(C)c1nc2onc(-c3ccccc3)c2c(-c2ccc(F)cc2)c1/C=C/[C@@H](O)C[C@@H](O)CC(=O)O. The lowest BCUT2D eigenvalue weighted by atomic mass is 9.90. The standard InChI is InChI=1S/C28H27FN2O5/c1-16(2)26-22(13-12-20(32)14-21(33)15-23(34)35)24(17-8-10-19(29)11-9-17)25-27(31-36-28(25)30-26)18-6-4-3-5-7-18/h3-13,16,20-21,32-33H,14-15H2,1-2H3,(H,34,35)/b13-12+/t20-,21-/m1/s1. The quantitative estimate of drug-likeness (QED) is 0.287. The smallest absolute Gasteiger partial charge is 0.305 e. The summed E-state index contributed by atoms with van der Waals surface area (Å²) >= 11 is 0. The number of aliphatic carboxylic acids is 1. The summed E-state index contributed by atoms with van der Waals surface area (Å²) in [7, 11) is 0. The first-order valence-electron chi connectivity index (χ1n) is 11.6. The van der Waals surface area contributed by atoms with Gasteiger partial charge in [-0.05, 0) is 23.6 Å². The van der Waals surface area contributed by atoms with Crippen LogP contribution in [0, 0.1) is 5.82 Å². The summed E-state index contributed by atoms with van der Waals surface area (Å²) in [5, 5.41) is 34.2. The van der Waals surface area contributed by atoms with Crippen molar-refractivity contribution in [3.8, 4) is 22.4 Å². The molecule has 0 saturated heterocycles. The zero-order valence-electron chi connectivity index (χ0n) is 19.9. The number of halogens is 1. The molecule has 0 aliphatic rings. The highest BCUT2D eigenvalue weighted by atomic mass is 19.1. The first-order valence-corrected chi connectivity index (χ1v) is 11.6. The van der Waals surface area contributed by atoms with Crippen LogP contribution in [0.15, 0.2) is 65.2 Å². The van der Waals surface area contributed by atoms with Crippen LogP contribution in [0.25, 0.3) is 39.6 Å². The molecule has 7 nitrogen and oxygen atoms in total. The van der Waals surface area contributed by atoms with E-state index in [1.807, 2.05) is 44.2 Å². The second kappa shape index (κ2) is 10.8. The summed E-state index contributed by atoms with van der Waals surface area (Å²) in [5.41, 5.74) is 4.56. The summed E-state index contributed by atoms with van der Waals surface area (Å²) in [6, 6.07) is 15.6. The first kappa shape index (κ1) is 25.2. The number of rotatable bonds is 9. The maximum atomic E-state index is 13.8. The van der Waals surface area contributed by atoms with Gasteiger partial charge in [0.15, 0.2) is 0 Å². The zero-order chi connectivity index (χ0) is 25.8. The number of carbonyl (C=O) groups is 1. The van der Waals surface area contributed by atoms with Gasteiger partial charge >= 0.3 is 5.97 Å². The predicted octanol–water partition coefficient (Wildman–Crippen LogP) is 5.42. The molecular weight excluding hydrogens is 463 g/mol. The van der Waals surface area contributed by atoms with Crippen LogP contribution in [0.1, 0.15) is 43.9 Å². The van der Waals surface area contributed by atoms with Gasteiger partial charge in [-0.1, -0.05) is 73.6 Å². The lowest BCUT2D eigenvalue weighted by Crippen LogP contribution is -2.19. The Morgan fingerprint density at radius 1 is 1.06 bits per heavy atom. The molecule has 0 aliphatic carbocycles. The Bertz CT molecular complexity index is 1380. The van der Waals surface area contributed by atoms with Gasteiger partial charge in [-0.15, -0.1) is 0 Å². The number of aliphatic hydroxyl groups excluding tert-OH is 2. The van der Waals surface area contributed by atoms with E-state index in [4.69, 9.17) is 14.6 Å². The van der Waals surface area contributed by atoms with Crippen molar-refractivity contribution in [3.63, 3.8) is 0 Å². The topological polar surface area (TPSA) is 117 Å². The lowest BCUT2D eigenvalue weighted by Gasteiger charge is -2.16. The van der Waals surface area contributed by atoms with Gasteiger partial charge in [-0.25, -0.2) is 9.37 Å². The van der Waals surface area contributed by atoms with Crippen molar-refractivity contribution >= 4 is 23.1 Å². The number of carboxylic acids is 1. The molecular formula is C28H27FN2O5. The van der Waals surface area contributed by atoms with Gasteiger partial charge in [0.1, 0.15) is 11.5 Å². The predicted molar refractivity (Wildman–Crippen MR) is 135 cm³/mol. The van der Waals surface area contributed by atoms with Crippen LogP contribution >= 0.6 is 0 Å². The van der Waals surface area contributed by atoms with E-state index in [1.165, 1.54) is 18.2 Å². The Morgan fingerprint density at radius 2 is 1.75 bits per heavy atom. The fourth-order valence-electron chi connectivity index (χ4n) is 4.18. The van der Waals surface area contributed by atoms with Crippen molar-refractivity contribution in [1.82, 2.24) is 10.1 Å². The number of aromatic nitrogens is 2. The molecule has 4 rings (SSSR count). The van der Waals surface area contributed by atoms with E-state index < -0.39 is 24.6 Å². The van der Waals surface area contributed by atoms with Crippen LogP contribution in [0.2, 0.25) is 0 Å². The molecule has 0 unspecified atom stereocenters. The summed E-state index contributed by atoms with van der Waals surface area (Å²) in [6.07, 6.45) is 0.337. The minimum Gasteiger partial charge on any atom is -0.481 e. The monoisotopic (exact) mass is 490 g/mol. The Hall–Kier alpha value is -3.88. The van der Waals surface area contributed by atoms with E-state index in [0.717, 1.165) is 11.1 Å². The summed E-state index contributed by atoms with van der Waals surface area (Å²) < 4.78 is 19.5. The van der Waals surface area contributed by atoms with Crippen molar-refractivity contribution in [3.05, 3.63) is 77.7 Å². The van der Waals surface area contributed by atoms with Gasteiger partial charge in [0.25, 0.3) is 5.71 Å².